The predicted octanol–water partition coefficient (Wildman–Crippen LogP) is 1.79. The van der Waals surface area contributed by atoms with E-state index in [0.717, 1.165) is 43.4 Å². The van der Waals surface area contributed by atoms with Gasteiger partial charge in [0.1, 0.15) is 0 Å². The van der Waals surface area contributed by atoms with Crippen LogP contribution in [-0.4, -0.2) is 29.6 Å². The number of rotatable bonds is 2. The molecule has 1 amide bonds. The van der Waals surface area contributed by atoms with E-state index in [2.05, 4.69) is 0 Å². The maximum atomic E-state index is 12.7. The van der Waals surface area contributed by atoms with Gasteiger partial charge in [0.15, 0.2) is 0 Å². The highest BCUT2D eigenvalue weighted by molar-refractivity contribution is 5.97. The molecule has 0 aromatic heterocycles. The van der Waals surface area contributed by atoms with Crippen LogP contribution in [0.3, 0.4) is 0 Å². The lowest BCUT2D eigenvalue weighted by atomic mass is 9.97. The smallest absolute Gasteiger partial charge is 0.335 e. The molecule has 1 heterocycles. The Bertz CT molecular complexity index is 585. The van der Waals surface area contributed by atoms with Crippen molar-refractivity contribution >= 4 is 17.6 Å². The molecule has 1 aliphatic heterocycles. The number of nitrogens with two attached hydrogens (primary N) is 1. The monoisotopic (exact) mass is 288 g/mol. The molecule has 2 aliphatic rings. The first-order valence-electron chi connectivity index (χ1n) is 7.49. The van der Waals surface area contributed by atoms with Crippen molar-refractivity contribution in [3.05, 3.63) is 29.3 Å². The molecular formula is C16H20N2O3. The van der Waals surface area contributed by atoms with E-state index in [1.54, 1.807) is 18.2 Å². The van der Waals surface area contributed by atoms with Crippen molar-refractivity contribution in [1.29, 1.82) is 0 Å². The summed E-state index contributed by atoms with van der Waals surface area (Å²) in [5.41, 5.74) is 8.01. The van der Waals surface area contributed by atoms with Gasteiger partial charge in [-0.25, -0.2) is 4.79 Å². The Balaban J connectivity index is 1.86. The maximum Gasteiger partial charge on any atom is 0.335 e. The average molecular weight is 288 g/mol. The molecule has 2 unspecified atom stereocenters. The van der Waals surface area contributed by atoms with Crippen molar-refractivity contribution in [1.82, 2.24) is 0 Å². The number of benzene rings is 1. The molecule has 1 saturated carbocycles. The zero-order valence-corrected chi connectivity index (χ0v) is 11.9. The summed E-state index contributed by atoms with van der Waals surface area (Å²) in [7, 11) is 0. The van der Waals surface area contributed by atoms with Crippen LogP contribution in [0.2, 0.25) is 0 Å². The van der Waals surface area contributed by atoms with Gasteiger partial charge in [-0.2, -0.15) is 0 Å². The first-order valence-corrected chi connectivity index (χ1v) is 7.49. The quantitative estimate of drug-likeness (QED) is 0.869. The van der Waals surface area contributed by atoms with Crippen LogP contribution in [0.25, 0.3) is 0 Å². The number of hydrogen-bond acceptors (Lipinski definition) is 3. The van der Waals surface area contributed by atoms with Crippen molar-refractivity contribution in [2.75, 3.05) is 11.4 Å². The summed E-state index contributed by atoms with van der Waals surface area (Å²) in [4.78, 5) is 25.6. The topological polar surface area (TPSA) is 83.6 Å². The first kappa shape index (κ1) is 14.1. The molecule has 5 nitrogen and oxygen atoms in total. The average Bonchev–Trinajstić information content (AvgIpc) is 2.91. The van der Waals surface area contributed by atoms with E-state index in [-0.39, 0.29) is 23.4 Å². The van der Waals surface area contributed by atoms with Crippen LogP contribution in [0.15, 0.2) is 18.2 Å². The molecule has 5 heteroatoms. The first-order chi connectivity index (χ1) is 10.1. The fourth-order valence-corrected chi connectivity index (χ4v) is 3.42. The van der Waals surface area contributed by atoms with Gasteiger partial charge in [-0.3, -0.25) is 4.79 Å². The third-order valence-corrected chi connectivity index (χ3v) is 4.53. The van der Waals surface area contributed by atoms with E-state index in [1.165, 1.54) is 0 Å². The number of carbonyl (C=O) groups excluding carboxylic acids is 1. The zero-order chi connectivity index (χ0) is 15.0. The predicted molar refractivity (Wildman–Crippen MR) is 79.4 cm³/mol. The molecule has 1 fully saturated rings. The molecule has 3 rings (SSSR count). The Morgan fingerprint density at radius 2 is 2.10 bits per heavy atom. The highest BCUT2D eigenvalue weighted by atomic mass is 16.4. The van der Waals surface area contributed by atoms with Crippen LogP contribution >= 0.6 is 0 Å². The molecule has 2 atom stereocenters. The zero-order valence-electron chi connectivity index (χ0n) is 11.9. The van der Waals surface area contributed by atoms with Gasteiger partial charge >= 0.3 is 5.97 Å². The number of hydrogen-bond donors (Lipinski definition) is 2. The summed E-state index contributed by atoms with van der Waals surface area (Å²) in [6.07, 6.45) is 4.23. The van der Waals surface area contributed by atoms with Gasteiger partial charge in [-0.1, -0.05) is 0 Å². The lowest BCUT2D eigenvalue weighted by Crippen LogP contribution is -2.39. The minimum atomic E-state index is -0.928. The van der Waals surface area contributed by atoms with Gasteiger partial charge in [0, 0.05) is 24.2 Å². The molecule has 3 N–H and O–H groups in total. The number of aromatic carboxylic acids is 1. The summed E-state index contributed by atoms with van der Waals surface area (Å²) in [6, 6.07) is 5.17. The van der Waals surface area contributed by atoms with Crippen molar-refractivity contribution in [2.24, 2.45) is 11.7 Å². The van der Waals surface area contributed by atoms with Crippen molar-refractivity contribution in [3.8, 4) is 0 Å². The van der Waals surface area contributed by atoms with E-state index < -0.39 is 5.97 Å². The second-order valence-electron chi connectivity index (χ2n) is 6.01. The number of anilines is 1. The molecule has 1 aromatic carbocycles. The second-order valence-corrected chi connectivity index (χ2v) is 6.01. The molecule has 1 aromatic rings. The Kier molecular flexibility index (Phi) is 3.68. The van der Waals surface area contributed by atoms with Gasteiger partial charge in [0.2, 0.25) is 5.91 Å². The fourth-order valence-electron chi connectivity index (χ4n) is 3.42. The van der Waals surface area contributed by atoms with Crippen LogP contribution in [0.4, 0.5) is 5.69 Å². The summed E-state index contributed by atoms with van der Waals surface area (Å²) in [6.45, 7) is 0.712. The van der Waals surface area contributed by atoms with E-state index in [0.29, 0.717) is 6.54 Å². The number of amides is 1. The van der Waals surface area contributed by atoms with Gasteiger partial charge in [0.05, 0.1) is 5.56 Å². The number of carboxylic acid groups (broad SMARTS) is 1. The van der Waals surface area contributed by atoms with E-state index >= 15 is 0 Å². The second kappa shape index (κ2) is 5.48. The van der Waals surface area contributed by atoms with Crippen LogP contribution in [0.1, 0.15) is 41.6 Å². The molecule has 21 heavy (non-hydrogen) atoms. The lowest BCUT2D eigenvalue weighted by Gasteiger charge is -2.31. The molecular weight excluding hydrogens is 268 g/mol. The molecule has 0 bridgehead atoms. The Hall–Kier alpha value is -1.88. The standard InChI is InChI=1S/C16H20N2O3/c17-13-5-3-11(9-13)15(19)18-7-1-2-10-8-12(16(20)21)4-6-14(10)18/h4,6,8,11,13H,1-3,5,7,9,17H2,(H,20,21). The minimum absolute atomic E-state index is 0.0186. The van der Waals surface area contributed by atoms with Crippen LogP contribution in [0, 0.1) is 5.92 Å². The Morgan fingerprint density at radius 3 is 2.76 bits per heavy atom. The third-order valence-electron chi connectivity index (χ3n) is 4.53. The number of fused-ring (bicyclic) bond motifs is 1. The van der Waals surface area contributed by atoms with Crippen LogP contribution in [-0.2, 0) is 11.2 Å². The molecule has 1 aliphatic carbocycles. The van der Waals surface area contributed by atoms with E-state index in [9.17, 15) is 9.59 Å². The van der Waals surface area contributed by atoms with Gasteiger partial charge < -0.3 is 15.7 Å². The summed E-state index contributed by atoms with van der Waals surface area (Å²) >= 11 is 0. The minimum Gasteiger partial charge on any atom is -0.478 e. The number of carboxylic acids is 1. The van der Waals surface area contributed by atoms with Gasteiger partial charge in [-0.05, 0) is 55.9 Å². The highest BCUT2D eigenvalue weighted by Gasteiger charge is 2.33. The molecule has 0 spiro atoms. The third kappa shape index (κ3) is 2.65. The fraction of sp³-hybridized carbons (Fsp3) is 0.500. The lowest BCUT2D eigenvalue weighted by molar-refractivity contribution is -0.122. The normalized spacial score (nSPS) is 24.7. The van der Waals surface area contributed by atoms with Gasteiger partial charge in [-0.15, -0.1) is 0 Å². The van der Waals surface area contributed by atoms with Crippen molar-refractivity contribution in [2.45, 2.75) is 38.1 Å². The molecule has 0 saturated heterocycles. The van der Waals surface area contributed by atoms with Crippen LogP contribution in [0.5, 0.6) is 0 Å². The summed E-state index contributed by atoms with van der Waals surface area (Å²) in [5, 5.41) is 9.07. The van der Waals surface area contributed by atoms with E-state index in [4.69, 9.17) is 10.8 Å². The van der Waals surface area contributed by atoms with Crippen molar-refractivity contribution < 1.29 is 14.7 Å². The Morgan fingerprint density at radius 1 is 1.29 bits per heavy atom. The molecule has 0 radical (unpaired) electrons. The molecule has 112 valence electrons. The summed E-state index contributed by atoms with van der Waals surface area (Å²) < 4.78 is 0. The number of nitrogens with zero attached hydrogens (tertiary/aromatic N) is 1. The largest absolute Gasteiger partial charge is 0.478 e. The van der Waals surface area contributed by atoms with Crippen molar-refractivity contribution in [3.63, 3.8) is 0 Å². The van der Waals surface area contributed by atoms with Crippen LogP contribution < -0.4 is 10.6 Å². The number of aryl methyl sites for hydroxylation is 1. The summed E-state index contributed by atoms with van der Waals surface area (Å²) in [5.74, 6) is -0.764. The number of carbonyl (C=O) groups is 2. The van der Waals surface area contributed by atoms with Gasteiger partial charge in [0.25, 0.3) is 0 Å². The Labute approximate surface area is 123 Å². The highest BCUT2D eigenvalue weighted by Crippen LogP contribution is 2.33. The maximum absolute atomic E-state index is 12.7. The SMILES string of the molecule is NC1CCC(C(=O)N2CCCc3cc(C(=O)O)ccc32)C1. The van der Waals surface area contributed by atoms with E-state index in [1.807, 2.05) is 4.90 Å².